The van der Waals surface area contributed by atoms with Gasteiger partial charge >= 0.3 is 11.8 Å². The summed E-state index contributed by atoms with van der Waals surface area (Å²) in [7, 11) is -4.60. The molecule has 118 valence electrons. The molecule has 0 heterocycles. The summed E-state index contributed by atoms with van der Waals surface area (Å²) in [5, 5.41) is 5.14. The van der Waals surface area contributed by atoms with Gasteiger partial charge in [-0.1, -0.05) is 19.8 Å². The fourth-order valence-corrected chi connectivity index (χ4v) is 2.30. The molecule has 8 heteroatoms. The fraction of sp³-hybridized carbons (Fsp3) is 0.462. The van der Waals surface area contributed by atoms with Crippen LogP contribution in [0.15, 0.2) is 29.2 Å². The Kier molecular flexibility index (Phi) is 6.54. The van der Waals surface area contributed by atoms with E-state index < -0.39 is 26.5 Å². The van der Waals surface area contributed by atoms with Gasteiger partial charge in [0.15, 0.2) is 0 Å². The number of carbonyl (C=O) groups excluding carboxylic acids is 1. The molecule has 0 aromatic heterocycles. The zero-order chi connectivity index (χ0) is 15.9. The van der Waals surface area contributed by atoms with Crippen molar-refractivity contribution in [2.24, 2.45) is 0 Å². The van der Waals surface area contributed by atoms with Crippen LogP contribution in [-0.4, -0.2) is 26.8 Å². The third-order valence-electron chi connectivity index (χ3n) is 2.74. The molecule has 0 bridgehead atoms. The molecule has 0 saturated carbocycles. The average molecular weight is 320 g/mol. The first-order chi connectivity index (χ1) is 9.87. The summed E-state index contributed by atoms with van der Waals surface area (Å²) in [4.78, 5) is 11.0. The lowest BCUT2D eigenvalue weighted by Crippen LogP contribution is -2.29. The zero-order valence-electron chi connectivity index (χ0n) is 11.6. The molecule has 5 nitrogen and oxygen atoms in total. The summed E-state index contributed by atoms with van der Waals surface area (Å²) in [6.45, 7) is 2.59. The maximum absolute atomic E-state index is 12.3. The van der Waals surface area contributed by atoms with Crippen LogP contribution in [0.5, 0.6) is 0 Å². The van der Waals surface area contributed by atoms with Crippen molar-refractivity contribution in [3.8, 4) is 0 Å². The van der Waals surface area contributed by atoms with E-state index in [4.69, 9.17) is 0 Å². The zero-order valence-corrected chi connectivity index (χ0v) is 12.4. The van der Waals surface area contributed by atoms with E-state index in [1.165, 1.54) is 12.1 Å². The number of rotatable bonds is 7. The number of benzene rings is 1. The van der Waals surface area contributed by atoms with E-state index >= 15 is 0 Å². The van der Waals surface area contributed by atoms with Crippen LogP contribution in [0.2, 0.25) is 0 Å². The SMILES string of the molecule is CCCCCNC(=O)Nc1ccc(S(=O)(=O)C(F)F)cc1. The highest BCUT2D eigenvalue weighted by Crippen LogP contribution is 2.20. The minimum atomic E-state index is -4.60. The molecule has 21 heavy (non-hydrogen) atoms. The van der Waals surface area contributed by atoms with Crippen molar-refractivity contribution in [3.63, 3.8) is 0 Å². The fourth-order valence-electron chi connectivity index (χ4n) is 1.58. The molecule has 2 N–H and O–H groups in total. The second kappa shape index (κ2) is 7.92. The lowest BCUT2D eigenvalue weighted by Gasteiger charge is -2.08. The first-order valence-corrected chi connectivity index (χ1v) is 8.09. The topological polar surface area (TPSA) is 75.3 Å². The molecule has 0 fully saturated rings. The number of hydrogen-bond acceptors (Lipinski definition) is 3. The molecular formula is C13H18F2N2O3S. The normalized spacial score (nSPS) is 11.4. The molecule has 1 aromatic carbocycles. The lowest BCUT2D eigenvalue weighted by molar-refractivity contribution is 0.234. The number of nitrogens with one attached hydrogen (secondary N) is 2. The van der Waals surface area contributed by atoms with Gasteiger partial charge in [-0.15, -0.1) is 0 Å². The standard InChI is InChI=1S/C13H18F2N2O3S/c1-2-3-4-9-16-13(18)17-10-5-7-11(8-6-10)21(19,20)12(14)15/h5-8,12H,2-4,9H2,1H3,(H2,16,17,18). The van der Waals surface area contributed by atoms with Crippen LogP contribution in [-0.2, 0) is 9.84 Å². The Labute approximate surface area is 122 Å². The molecule has 0 radical (unpaired) electrons. The summed E-state index contributed by atoms with van der Waals surface area (Å²) >= 11 is 0. The Balaban J connectivity index is 2.57. The van der Waals surface area contributed by atoms with Gasteiger partial charge in [0.05, 0.1) is 4.90 Å². The first-order valence-electron chi connectivity index (χ1n) is 6.55. The Bertz CT molecular complexity index is 559. The average Bonchev–Trinajstić information content (AvgIpc) is 2.44. The van der Waals surface area contributed by atoms with Gasteiger partial charge in [-0.05, 0) is 30.7 Å². The molecule has 0 aliphatic heterocycles. The van der Waals surface area contributed by atoms with E-state index in [9.17, 15) is 22.0 Å². The Hall–Kier alpha value is -1.70. The molecular weight excluding hydrogens is 302 g/mol. The van der Waals surface area contributed by atoms with Crippen LogP contribution < -0.4 is 10.6 Å². The summed E-state index contributed by atoms with van der Waals surface area (Å²) in [6.07, 6.45) is 2.93. The van der Waals surface area contributed by atoms with Gasteiger partial charge in [0, 0.05) is 12.2 Å². The van der Waals surface area contributed by atoms with Gasteiger partial charge in [-0.3, -0.25) is 0 Å². The van der Waals surface area contributed by atoms with Crippen molar-refractivity contribution in [2.45, 2.75) is 36.8 Å². The number of carbonyl (C=O) groups is 1. The highest BCUT2D eigenvalue weighted by molar-refractivity contribution is 7.91. The predicted molar refractivity (Wildman–Crippen MR) is 76.2 cm³/mol. The molecule has 0 spiro atoms. The quantitative estimate of drug-likeness (QED) is 0.758. The third kappa shape index (κ3) is 5.30. The summed E-state index contributed by atoms with van der Waals surface area (Å²) in [5.41, 5.74) is 0.330. The van der Waals surface area contributed by atoms with Crippen LogP contribution >= 0.6 is 0 Å². The van der Waals surface area contributed by atoms with Gasteiger partial charge in [0.2, 0.25) is 9.84 Å². The Morgan fingerprint density at radius 3 is 2.33 bits per heavy atom. The Morgan fingerprint density at radius 2 is 1.81 bits per heavy atom. The van der Waals surface area contributed by atoms with Crippen LogP contribution in [0.3, 0.4) is 0 Å². The van der Waals surface area contributed by atoms with E-state index in [-0.39, 0.29) is 0 Å². The van der Waals surface area contributed by atoms with Crippen molar-refractivity contribution >= 4 is 21.6 Å². The summed E-state index contributed by atoms with van der Waals surface area (Å²) < 4.78 is 47.1. The molecule has 1 aromatic rings. The minimum absolute atomic E-state index is 0.330. The van der Waals surface area contributed by atoms with Crippen molar-refractivity contribution in [1.82, 2.24) is 5.32 Å². The van der Waals surface area contributed by atoms with E-state index in [2.05, 4.69) is 17.6 Å². The summed E-state index contributed by atoms with van der Waals surface area (Å²) in [5.74, 6) is -3.46. The minimum Gasteiger partial charge on any atom is -0.338 e. The smallest absolute Gasteiger partial charge is 0.338 e. The molecule has 0 atom stereocenters. The number of hydrogen-bond donors (Lipinski definition) is 2. The highest BCUT2D eigenvalue weighted by atomic mass is 32.2. The number of urea groups is 1. The molecule has 1 rings (SSSR count). The number of amides is 2. The largest absolute Gasteiger partial charge is 0.341 e. The number of sulfone groups is 1. The van der Waals surface area contributed by atoms with E-state index in [1.807, 2.05) is 0 Å². The van der Waals surface area contributed by atoms with E-state index in [1.54, 1.807) is 0 Å². The lowest BCUT2D eigenvalue weighted by atomic mass is 10.2. The molecule has 2 amide bonds. The van der Waals surface area contributed by atoms with Crippen LogP contribution in [0.25, 0.3) is 0 Å². The van der Waals surface area contributed by atoms with Crippen LogP contribution in [0.1, 0.15) is 26.2 Å². The van der Waals surface area contributed by atoms with Crippen LogP contribution in [0, 0.1) is 0 Å². The van der Waals surface area contributed by atoms with Gasteiger partial charge in [0.1, 0.15) is 0 Å². The van der Waals surface area contributed by atoms with Crippen molar-refractivity contribution in [3.05, 3.63) is 24.3 Å². The second-order valence-corrected chi connectivity index (χ2v) is 6.34. The van der Waals surface area contributed by atoms with Crippen molar-refractivity contribution in [1.29, 1.82) is 0 Å². The summed E-state index contributed by atoms with van der Waals surface area (Å²) in [6, 6.07) is 4.18. The highest BCUT2D eigenvalue weighted by Gasteiger charge is 2.26. The van der Waals surface area contributed by atoms with Crippen molar-refractivity contribution in [2.75, 3.05) is 11.9 Å². The Morgan fingerprint density at radius 1 is 1.19 bits per heavy atom. The molecule has 0 aliphatic rings. The number of anilines is 1. The maximum atomic E-state index is 12.3. The monoisotopic (exact) mass is 320 g/mol. The molecule has 0 aliphatic carbocycles. The first kappa shape index (κ1) is 17.4. The van der Waals surface area contributed by atoms with E-state index in [0.29, 0.717) is 12.2 Å². The maximum Gasteiger partial charge on any atom is 0.341 e. The number of halogens is 2. The number of unbranched alkanes of at least 4 members (excludes halogenated alkanes) is 2. The number of alkyl halides is 2. The predicted octanol–water partition coefficient (Wildman–Crippen LogP) is 2.99. The van der Waals surface area contributed by atoms with Crippen LogP contribution in [0.4, 0.5) is 19.3 Å². The second-order valence-electron chi connectivity index (χ2n) is 4.42. The molecule has 0 saturated heterocycles. The van der Waals surface area contributed by atoms with Gasteiger partial charge < -0.3 is 10.6 Å². The van der Waals surface area contributed by atoms with Gasteiger partial charge in [-0.2, -0.15) is 8.78 Å². The van der Waals surface area contributed by atoms with Crippen molar-refractivity contribution < 1.29 is 22.0 Å². The van der Waals surface area contributed by atoms with Gasteiger partial charge in [0.25, 0.3) is 0 Å². The van der Waals surface area contributed by atoms with E-state index in [0.717, 1.165) is 31.4 Å². The third-order valence-corrected chi connectivity index (χ3v) is 4.14. The van der Waals surface area contributed by atoms with Gasteiger partial charge in [-0.25, -0.2) is 13.2 Å². The molecule has 0 unspecified atom stereocenters.